The summed E-state index contributed by atoms with van der Waals surface area (Å²) in [6.45, 7) is 3.48. The predicted molar refractivity (Wildman–Crippen MR) is 58.2 cm³/mol. The second-order valence-corrected chi connectivity index (χ2v) is 3.30. The topological polar surface area (TPSA) is 17.1 Å². The van der Waals surface area contributed by atoms with Crippen LogP contribution in [0.5, 0.6) is 0 Å². The molecule has 0 aromatic heterocycles. The van der Waals surface area contributed by atoms with Crippen molar-refractivity contribution >= 4 is 5.78 Å². The fourth-order valence-electron chi connectivity index (χ4n) is 1.21. The molecule has 0 saturated carbocycles. The molecule has 0 aliphatic carbocycles. The highest BCUT2D eigenvalue weighted by molar-refractivity contribution is 5.96. The monoisotopic (exact) mass is 204 g/mol. The highest BCUT2D eigenvalue weighted by atomic mass is 19.1. The first-order valence-electron chi connectivity index (χ1n) is 4.94. The molecule has 0 unspecified atom stereocenters. The summed E-state index contributed by atoms with van der Waals surface area (Å²) < 4.78 is 12.9. The summed E-state index contributed by atoms with van der Waals surface area (Å²) in [5, 5.41) is 0. The fraction of sp³-hybridized carbons (Fsp3) is 0.308. The first kappa shape index (κ1) is 11.5. The molecule has 2 heteroatoms. The molecule has 0 fully saturated rings. The minimum absolute atomic E-state index is 0.0872. The number of hydrogen-bond acceptors (Lipinski definition) is 1. The van der Waals surface area contributed by atoms with Crippen LogP contribution in [0.4, 0.5) is 4.39 Å². The van der Waals surface area contributed by atoms with E-state index in [-0.39, 0.29) is 11.6 Å². The summed E-state index contributed by atoms with van der Waals surface area (Å²) in [4.78, 5) is 11.2. The number of halogens is 1. The zero-order chi connectivity index (χ0) is 11.3. The Labute approximate surface area is 89.3 Å². The Morgan fingerprint density at radius 2 is 2.20 bits per heavy atom. The van der Waals surface area contributed by atoms with Gasteiger partial charge in [-0.15, -0.1) is 0 Å². The molecular formula is C13H13FO. The molecule has 0 saturated heterocycles. The maximum absolute atomic E-state index is 12.9. The normalized spacial score (nSPS) is 9.27. The second kappa shape index (κ2) is 5.31. The first-order chi connectivity index (χ1) is 7.15. The molecule has 15 heavy (non-hydrogen) atoms. The first-order valence-corrected chi connectivity index (χ1v) is 4.94. The molecule has 1 nitrogen and oxygen atoms in total. The van der Waals surface area contributed by atoms with Gasteiger partial charge in [-0.3, -0.25) is 4.79 Å². The average molecular weight is 204 g/mol. The number of hydrogen-bond donors (Lipinski definition) is 0. The molecule has 0 amide bonds. The van der Waals surface area contributed by atoms with E-state index in [2.05, 4.69) is 11.8 Å². The molecule has 1 aromatic rings. The Balaban J connectivity index is 3.09. The third-order valence-corrected chi connectivity index (χ3v) is 1.96. The van der Waals surface area contributed by atoms with E-state index in [1.54, 1.807) is 0 Å². The van der Waals surface area contributed by atoms with Gasteiger partial charge in [-0.2, -0.15) is 0 Å². The number of Topliss-reactive ketones (excluding diaryl/α,β-unsaturated/α-hetero) is 1. The summed E-state index contributed by atoms with van der Waals surface area (Å²) in [7, 11) is 0. The van der Waals surface area contributed by atoms with Crippen LogP contribution in [0.3, 0.4) is 0 Å². The minimum Gasteiger partial charge on any atom is -0.294 e. The van der Waals surface area contributed by atoms with Crippen LogP contribution in [0.1, 0.15) is 42.6 Å². The molecule has 0 heterocycles. The van der Waals surface area contributed by atoms with E-state index < -0.39 is 0 Å². The van der Waals surface area contributed by atoms with E-state index in [4.69, 9.17) is 0 Å². The predicted octanol–water partition coefficient (Wildman–Crippen LogP) is 3.18. The van der Waals surface area contributed by atoms with Crippen LogP contribution in [-0.2, 0) is 0 Å². The number of ketones is 1. The van der Waals surface area contributed by atoms with Gasteiger partial charge in [-0.25, -0.2) is 4.39 Å². The standard InChI is InChI=1S/C13H13FO/c1-3-4-5-6-11-9-12(14)7-8-13(11)10(2)15/h7-9H,3-4H2,1-2H3. The van der Waals surface area contributed by atoms with Crippen LogP contribution in [0.15, 0.2) is 18.2 Å². The molecule has 1 aromatic carbocycles. The average Bonchev–Trinajstić information content (AvgIpc) is 2.18. The van der Waals surface area contributed by atoms with Crippen molar-refractivity contribution in [2.75, 3.05) is 0 Å². The van der Waals surface area contributed by atoms with Crippen molar-refractivity contribution in [3.8, 4) is 11.8 Å². The molecule has 0 spiro atoms. The highest BCUT2D eigenvalue weighted by Crippen LogP contribution is 2.11. The highest BCUT2D eigenvalue weighted by Gasteiger charge is 2.05. The molecule has 0 atom stereocenters. The van der Waals surface area contributed by atoms with Crippen LogP contribution < -0.4 is 0 Å². The smallest absolute Gasteiger partial charge is 0.161 e. The zero-order valence-electron chi connectivity index (χ0n) is 8.93. The lowest BCUT2D eigenvalue weighted by molar-refractivity contribution is 0.101. The summed E-state index contributed by atoms with van der Waals surface area (Å²) in [6, 6.07) is 4.06. The minimum atomic E-state index is -0.360. The Morgan fingerprint density at radius 1 is 1.47 bits per heavy atom. The third-order valence-electron chi connectivity index (χ3n) is 1.96. The lowest BCUT2D eigenvalue weighted by atomic mass is 10.0. The van der Waals surface area contributed by atoms with Gasteiger partial charge in [0.2, 0.25) is 0 Å². The van der Waals surface area contributed by atoms with Gasteiger partial charge in [0, 0.05) is 17.5 Å². The van der Waals surface area contributed by atoms with Gasteiger partial charge in [-0.05, 0) is 31.5 Å². The number of benzene rings is 1. The van der Waals surface area contributed by atoms with Gasteiger partial charge in [0.05, 0.1) is 0 Å². The van der Waals surface area contributed by atoms with Crippen molar-refractivity contribution in [1.29, 1.82) is 0 Å². The van der Waals surface area contributed by atoms with Crippen molar-refractivity contribution in [3.63, 3.8) is 0 Å². The van der Waals surface area contributed by atoms with Crippen molar-refractivity contribution in [2.24, 2.45) is 0 Å². The maximum Gasteiger partial charge on any atom is 0.161 e. The Bertz CT molecular complexity index is 424. The fourth-order valence-corrected chi connectivity index (χ4v) is 1.21. The molecule has 0 radical (unpaired) electrons. The van der Waals surface area contributed by atoms with Gasteiger partial charge < -0.3 is 0 Å². The van der Waals surface area contributed by atoms with Crippen molar-refractivity contribution < 1.29 is 9.18 Å². The van der Waals surface area contributed by atoms with Crippen LogP contribution in [0, 0.1) is 17.7 Å². The van der Waals surface area contributed by atoms with E-state index in [9.17, 15) is 9.18 Å². The Hall–Kier alpha value is -1.62. The van der Waals surface area contributed by atoms with Gasteiger partial charge >= 0.3 is 0 Å². The third kappa shape index (κ3) is 3.21. The van der Waals surface area contributed by atoms with Gasteiger partial charge in [0.25, 0.3) is 0 Å². The van der Waals surface area contributed by atoms with Gasteiger partial charge in [-0.1, -0.05) is 18.8 Å². The number of carbonyl (C=O) groups excluding carboxylic acids is 1. The summed E-state index contributed by atoms with van der Waals surface area (Å²) >= 11 is 0. The van der Waals surface area contributed by atoms with Gasteiger partial charge in [0.1, 0.15) is 5.82 Å². The lowest BCUT2D eigenvalue weighted by Crippen LogP contribution is -1.97. The number of rotatable bonds is 2. The second-order valence-electron chi connectivity index (χ2n) is 3.30. The van der Waals surface area contributed by atoms with E-state index in [0.717, 1.165) is 12.8 Å². The molecule has 0 aliphatic rings. The van der Waals surface area contributed by atoms with E-state index in [1.165, 1.54) is 25.1 Å². The summed E-state index contributed by atoms with van der Waals surface area (Å²) in [6.07, 6.45) is 1.71. The molecule has 0 aliphatic heterocycles. The number of carbonyl (C=O) groups is 1. The largest absolute Gasteiger partial charge is 0.294 e. The molecular weight excluding hydrogens is 191 g/mol. The van der Waals surface area contributed by atoms with Crippen molar-refractivity contribution in [3.05, 3.63) is 35.1 Å². The SMILES string of the molecule is CCCC#Cc1cc(F)ccc1C(C)=O. The molecule has 0 N–H and O–H groups in total. The van der Waals surface area contributed by atoms with Crippen molar-refractivity contribution in [2.45, 2.75) is 26.7 Å². The maximum atomic E-state index is 12.9. The zero-order valence-corrected chi connectivity index (χ0v) is 8.93. The summed E-state index contributed by atoms with van der Waals surface area (Å²) in [5.41, 5.74) is 0.968. The number of unbranched alkanes of at least 4 members (excludes halogenated alkanes) is 1. The van der Waals surface area contributed by atoms with Crippen LogP contribution in [0.2, 0.25) is 0 Å². The quantitative estimate of drug-likeness (QED) is 0.534. The van der Waals surface area contributed by atoms with Crippen LogP contribution >= 0.6 is 0 Å². The van der Waals surface area contributed by atoms with Crippen LogP contribution in [0.25, 0.3) is 0 Å². The Morgan fingerprint density at radius 3 is 2.80 bits per heavy atom. The lowest BCUT2D eigenvalue weighted by Gasteiger charge is -1.99. The van der Waals surface area contributed by atoms with E-state index in [1.807, 2.05) is 6.92 Å². The van der Waals surface area contributed by atoms with Gasteiger partial charge in [0.15, 0.2) is 5.78 Å². The molecule has 78 valence electrons. The molecule has 0 bridgehead atoms. The van der Waals surface area contributed by atoms with Crippen LogP contribution in [-0.4, -0.2) is 5.78 Å². The van der Waals surface area contributed by atoms with E-state index >= 15 is 0 Å². The molecule has 1 rings (SSSR count). The van der Waals surface area contributed by atoms with E-state index in [0.29, 0.717) is 11.1 Å². The summed E-state index contributed by atoms with van der Waals surface area (Å²) in [5.74, 6) is 5.28. The Kier molecular flexibility index (Phi) is 4.05. The van der Waals surface area contributed by atoms with Crippen molar-refractivity contribution in [1.82, 2.24) is 0 Å².